The molecule has 1 aromatic carbocycles. The highest BCUT2D eigenvalue weighted by atomic mass is 32.2. The fraction of sp³-hybridized carbons (Fsp3) is 0.571. The Balaban J connectivity index is 2.99. The lowest BCUT2D eigenvalue weighted by Crippen LogP contribution is -2.24. The molecule has 19 heavy (non-hydrogen) atoms. The van der Waals surface area contributed by atoms with Gasteiger partial charge in [-0.05, 0) is 37.1 Å². The van der Waals surface area contributed by atoms with Gasteiger partial charge < -0.3 is 10.1 Å². The smallest absolute Gasteiger partial charge is 0.175 e. The molecule has 0 saturated carbocycles. The zero-order valence-electron chi connectivity index (χ0n) is 12.0. The molecule has 0 spiro atoms. The average Bonchev–Trinajstić information content (AvgIpc) is 2.36. The Bertz CT molecular complexity index is 499. The van der Waals surface area contributed by atoms with Crippen LogP contribution in [0.15, 0.2) is 29.2 Å². The van der Waals surface area contributed by atoms with Crippen LogP contribution in [0.25, 0.3) is 0 Å². The first kappa shape index (κ1) is 16.1. The fourth-order valence-electron chi connectivity index (χ4n) is 2.19. The highest BCUT2D eigenvalue weighted by Crippen LogP contribution is 2.26. The molecule has 0 heterocycles. The minimum absolute atomic E-state index is 0.122. The minimum atomic E-state index is -3.16. The van der Waals surface area contributed by atoms with E-state index in [4.69, 9.17) is 4.74 Å². The van der Waals surface area contributed by atoms with Crippen LogP contribution in [0.3, 0.4) is 0 Å². The van der Waals surface area contributed by atoms with Crippen molar-refractivity contribution in [2.24, 2.45) is 5.92 Å². The molecule has 0 aliphatic rings. The van der Waals surface area contributed by atoms with Gasteiger partial charge in [0.1, 0.15) is 0 Å². The van der Waals surface area contributed by atoms with E-state index in [1.54, 1.807) is 25.3 Å². The first-order chi connectivity index (χ1) is 8.90. The van der Waals surface area contributed by atoms with Crippen LogP contribution in [0.1, 0.15) is 24.9 Å². The lowest BCUT2D eigenvalue weighted by molar-refractivity contribution is 0.171. The third-order valence-electron chi connectivity index (χ3n) is 3.30. The largest absolute Gasteiger partial charge is 0.385 e. The molecule has 0 radical (unpaired) electrons. The number of ether oxygens (including phenoxy) is 1. The van der Waals surface area contributed by atoms with E-state index in [2.05, 4.69) is 12.2 Å². The van der Waals surface area contributed by atoms with Crippen molar-refractivity contribution in [3.8, 4) is 0 Å². The van der Waals surface area contributed by atoms with E-state index < -0.39 is 9.84 Å². The predicted octanol–water partition coefficient (Wildman–Crippen LogP) is 2.02. The number of hydrogen-bond acceptors (Lipinski definition) is 4. The first-order valence-corrected chi connectivity index (χ1v) is 8.25. The van der Waals surface area contributed by atoms with Crippen LogP contribution in [-0.2, 0) is 14.6 Å². The number of rotatable bonds is 7. The molecule has 0 bridgehead atoms. The highest BCUT2D eigenvalue weighted by Gasteiger charge is 2.19. The topological polar surface area (TPSA) is 55.4 Å². The van der Waals surface area contributed by atoms with Crippen LogP contribution in [-0.4, -0.2) is 35.4 Å². The first-order valence-electron chi connectivity index (χ1n) is 6.36. The van der Waals surface area contributed by atoms with Gasteiger partial charge in [0.05, 0.1) is 4.90 Å². The number of hydrogen-bond donors (Lipinski definition) is 1. The van der Waals surface area contributed by atoms with Crippen molar-refractivity contribution in [3.63, 3.8) is 0 Å². The molecule has 5 heteroatoms. The van der Waals surface area contributed by atoms with Crippen LogP contribution in [0.5, 0.6) is 0 Å². The summed E-state index contributed by atoms with van der Waals surface area (Å²) in [4.78, 5) is 0.365. The van der Waals surface area contributed by atoms with E-state index in [-0.39, 0.29) is 6.04 Å². The van der Waals surface area contributed by atoms with Crippen LogP contribution < -0.4 is 5.32 Å². The number of methoxy groups -OCH3 is 1. The zero-order valence-corrected chi connectivity index (χ0v) is 12.8. The van der Waals surface area contributed by atoms with Crippen molar-refractivity contribution in [2.75, 3.05) is 27.0 Å². The van der Waals surface area contributed by atoms with Crippen molar-refractivity contribution < 1.29 is 13.2 Å². The van der Waals surface area contributed by atoms with Crippen molar-refractivity contribution in [2.45, 2.75) is 24.3 Å². The van der Waals surface area contributed by atoms with Gasteiger partial charge in [-0.3, -0.25) is 0 Å². The van der Waals surface area contributed by atoms with Crippen LogP contribution in [0.2, 0.25) is 0 Å². The second kappa shape index (κ2) is 7.03. The molecule has 2 unspecified atom stereocenters. The van der Waals surface area contributed by atoms with Crippen molar-refractivity contribution in [3.05, 3.63) is 29.8 Å². The normalized spacial score (nSPS) is 15.2. The molecule has 0 aromatic heterocycles. The summed E-state index contributed by atoms with van der Waals surface area (Å²) in [5, 5.41) is 3.26. The number of benzene rings is 1. The fourth-order valence-corrected chi connectivity index (χ4v) is 2.86. The molecule has 0 saturated heterocycles. The van der Waals surface area contributed by atoms with Crippen LogP contribution >= 0.6 is 0 Å². The Kier molecular flexibility index (Phi) is 5.97. The SMILES string of the molecule is CNC(c1cccc(S(C)(=O)=O)c1)C(C)CCOC. The minimum Gasteiger partial charge on any atom is -0.385 e. The van der Waals surface area contributed by atoms with Gasteiger partial charge in [0.2, 0.25) is 0 Å². The summed E-state index contributed by atoms with van der Waals surface area (Å²) in [6, 6.07) is 7.25. The summed E-state index contributed by atoms with van der Waals surface area (Å²) in [6.07, 6.45) is 2.15. The number of nitrogens with one attached hydrogen (secondary N) is 1. The second-order valence-corrected chi connectivity index (χ2v) is 6.89. The van der Waals surface area contributed by atoms with E-state index in [0.29, 0.717) is 17.4 Å². The van der Waals surface area contributed by atoms with Gasteiger partial charge in [-0.1, -0.05) is 19.1 Å². The Morgan fingerprint density at radius 3 is 2.58 bits per heavy atom. The lowest BCUT2D eigenvalue weighted by atomic mass is 9.92. The van der Waals surface area contributed by atoms with Gasteiger partial charge >= 0.3 is 0 Å². The van der Waals surface area contributed by atoms with E-state index in [0.717, 1.165) is 12.0 Å². The summed E-state index contributed by atoms with van der Waals surface area (Å²) in [7, 11) is 0.414. The molecule has 0 aliphatic carbocycles. The predicted molar refractivity (Wildman–Crippen MR) is 77.0 cm³/mol. The van der Waals surface area contributed by atoms with Crippen molar-refractivity contribution in [1.29, 1.82) is 0 Å². The summed E-state index contributed by atoms with van der Waals surface area (Å²) in [5.41, 5.74) is 0.994. The third kappa shape index (κ3) is 4.60. The van der Waals surface area contributed by atoms with Gasteiger partial charge in [-0.25, -0.2) is 8.42 Å². The standard InChI is InChI=1S/C14H23NO3S/c1-11(8-9-18-3)14(15-2)12-6-5-7-13(10-12)19(4,16)17/h5-7,10-11,14-15H,8-9H2,1-4H3. The Morgan fingerprint density at radius 2 is 2.05 bits per heavy atom. The molecule has 4 nitrogen and oxygen atoms in total. The van der Waals surface area contributed by atoms with E-state index in [9.17, 15) is 8.42 Å². The summed E-state index contributed by atoms with van der Waals surface area (Å²) in [5.74, 6) is 0.361. The summed E-state index contributed by atoms with van der Waals surface area (Å²) < 4.78 is 28.3. The van der Waals surface area contributed by atoms with Gasteiger partial charge in [0.15, 0.2) is 9.84 Å². The molecule has 2 atom stereocenters. The highest BCUT2D eigenvalue weighted by molar-refractivity contribution is 7.90. The van der Waals surface area contributed by atoms with Crippen molar-refractivity contribution >= 4 is 9.84 Å². The molecule has 1 N–H and O–H groups in total. The summed E-state index contributed by atoms with van der Waals surface area (Å²) in [6.45, 7) is 2.83. The second-order valence-electron chi connectivity index (χ2n) is 4.87. The van der Waals surface area contributed by atoms with E-state index in [1.165, 1.54) is 6.26 Å². The maximum Gasteiger partial charge on any atom is 0.175 e. The Morgan fingerprint density at radius 1 is 1.37 bits per heavy atom. The Labute approximate surface area is 116 Å². The number of sulfone groups is 1. The van der Waals surface area contributed by atoms with E-state index >= 15 is 0 Å². The monoisotopic (exact) mass is 285 g/mol. The molecule has 1 rings (SSSR count). The van der Waals surface area contributed by atoms with Crippen molar-refractivity contribution in [1.82, 2.24) is 5.32 Å². The molecular formula is C14H23NO3S. The molecule has 0 aliphatic heterocycles. The molecule has 0 amide bonds. The molecule has 108 valence electrons. The van der Waals surface area contributed by atoms with Gasteiger partial charge in [0.25, 0.3) is 0 Å². The van der Waals surface area contributed by atoms with Crippen LogP contribution in [0.4, 0.5) is 0 Å². The average molecular weight is 285 g/mol. The molecule has 0 fully saturated rings. The maximum absolute atomic E-state index is 11.6. The van der Waals surface area contributed by atoms with E-state index in [1.807, 2.05) is 13.1 Å². The molecular weight excluding hydrogens is 262 g/mol. The zero-order chi connectivity index (χ0) is 14.5. The maximum atomic E-state index is 11.6. The third-order valence-corrected chi connectivity index (χ3v) is 4.41. The quantitative estimate of drug-likeness (QED) is 0.833. The molecule has 1 aromatic rings. The van der Waals surface area contributed by atoms with Gasteiger partial charge in [-0.15, -0.1) is 0 Å². The lowest BCUT2D eigenvalue weighted by Gasteiger charge is -2.24. The summed E-state index contributed by atoms with van der Waals surface area (Å²) >= 11 is 0. The van der Waals surface area contributed by atoms with Gasteiger partial charge in [0, 0.05) is 26.0 Å². The van der Waals surface area contributed by atoms with Gasteiger partial charge in [-0.2, -0.15) is 0 Å². The Hall–Kier alpha value is -0.910. The van der Waals surface area contributed by atoms with Crippen LogP contribution in [0, 0.1) is 5.92 Å².